The predicted molar refractivity (Wildman–Crippen MR) is 93.2 cm³/mol. The second kappa shape index (κ2) is 6.06. The zero-order chi connectivity index (χ0) is 16.7. The molecule has 1 atom stereocenters. The average molecular weight is 364 g/mol. The molecule has 0 N–H and O–H groups in total. The number of nitrogens with zero attached hydrogens (tertiary/aromatic N) is 1. The first-order chi connectivity index (χ1) is 11.6. The zero-order valence-electron chi connectivity index (χ0n) is 13.1. The predicted octanol–water partition coefficient (Wildman–Crippen LogP) is 3.45. The van der Waals surface area contributed by atoms with Crippen LogP contribution in [0, 0.1) is 0 Å². The molecule has 1 fully saturated rings. The highest BCUT2D eigenvalue weighted by Gasteiger charge is 2.34. The van der Waals surface area contributed by atoms with Gasteiger partial charge in [0, 0.05) is 19.5 Å². The fraction of sp³-hybridized carbons (Fsp3) is 0.333. The molecular weight excluding hydrogens is 346 g/mol. The van der Waals surface area contributed by atoms with Crippen LogP contribution in [0.3, 0.4) is 0 Å². The standard InChI is InChI=1S/C18H18ClNO3S/c19-16-3-1-2-4-18(16)24(21,22)20-9-7-15(12-20)13-5-6-17-14(11-13)8-10-23-17/h1-6,11,15H,7-10,12H2/t15-/m1/s1. The van der Waals surface area contributed by atoms with Crippen LogP contribution in [0.2, 0.25) is 5.02 Å². The first-order valence-corrected chi connectivity index (χ1v) is 9.88. The van der Waals surface area contributed by atoms with Crippen molar-refractivity contribution in [2.24, 2.45) is 0 Å². The smallest absolute Gasteiger partial charge is 0.244 e. The molecule has 2 heterocycles. The van der Waals surface area contributed by atoms with Crippen molar-refractivity contribution >= 4 is 21.6 Å². The minimum atomic E-state index is -3.55. The van der Waals surface area contributed by atoms with Crippen LogP contribution in [0.5, 0.6) is 5.75 Å². The van der Waals surface area contributed by atoms with Gasteiger partial charge in [0.1, 0.15) is 10.6 Å². The molecule has 2 aromatic rings. The number of rotatable bonds is 3. The zero-order valence-corrected chi connectivity index (χ0v) is 14.7. The fourth-order valence-corrected chi connectivity index (χ4v) is 5.47. The van der Waals surface area contributed by atoms with Crippen LogP contribution in [-0.4, -0.2) is 32.4 Å². The van der Waals surface area contributed by atoms with Gasteiger partial charge < -0.3 is 4.74 Å². The van der Waals surface area contributed by atoms with Crippen LogP contribution in [0.4, 0.5) is 0 Å². The lowest BCUT2D eigenvalue weighted by atomic mass is 9.96. The summed E-state index contributed by atoms with van der Waals surface area (Å²) in [6.45, 7) is 1.75. The normalized spacial score (nSPS) is 20.8. The molecule has 0 aliphatic carbocycles. The summed E-state index contributed by atoms with van der Waals surface area (Å²) in [6.07, 6.45) is 1.75. The van der Waals surface area contributed by atoms with Gasteiger partial charge in [0.15, 0.2) is 0 Å². The Hall–Kier alpha value is -1.56. The van der Waals surface area contributed by atoms with Gasteiger partial charge in [0.2, 0.25) is 10.0 Å². The quantitative estimate of drug-likeness (QED) is 0.839. The van der Waals surface area contributed by atoms with Gasteiger partial charge >= 0.3 is 0 Å². The number of hydrogen-bond donors (Lipinski definition) is 0. The summed E-state index contributed by atoms with van der Waals surface area (Å²) in [5.41, 5.74) is 2.41. The minimum absolute atomic E-state index is 0.190. The molecule has 0 unspecified atom stereocenters. The highest BCUT2D eigenvalue weighted by Crippen LogP contribution is 2.35. The minimum Gasteiger partial charge on any atom is -0.493 e. The van der Waals surface area contributed by atoms with Gasteiger partial charge in [0.05, 0.1) is 11.6 Å². The Morgan fingerprint density at radius 2 is 2.00 bits per heavy atom. The van der Waals surface area contributed by atoms with E-state index in [-0.39, 0.29) is 15.8 Å². The first kappa shape index (κ1) is 15.9. The van der Waals surface area contributed by atoms with E-state index < -0.39 is 10.0 Å². The van der Waals surface area contributed by atoms with Crippen LogP contribution < -0.4 is 4.74 Å². The number of hydrogen-bond acceptors (Lipinski definition) is 3. The van der Waals surface area contributed by atoms with Crippen molar-refractivity contribution < 1.29 is 13.2 Å². The summed E-state index contributed by atoms with van der Waals surface area (Å²) < 4.78 is 32.8. The summed E-state index contributed by atoms with van der Waals surface area (Å²) in [5.74, 6) is 1.17. The van der Waals surface area contributed by atoms with Crippen LogP contribution in [-0.2, 0) is 16.4 Å². The molecular formula is C18H18ClNO3S. The van der Waals surface area contributed by atoms with E-state index in [1.807, 2.05) is 6.07 Å². The number of ether oxygens (including phenoxy) is 1. The summed E-state index contributed by atoms with van der Waals surface area (Å²) in [6, 6.07) is 12.8. The Morgan fingerprint density at radius 3 is 2.83 bits per heavy atom. The second-order valence-electron chi connectivity index (χ2n) is 6.24. The van der Waals surface area contributed by atoms with E-state index >= 15 is 0 Å². The number of benzene rings is 2. The van der Waals surface area contributed by atoms with Gasteiger partial charge in [-0.25, -0.2) is 8.42 Å². The van der Waals surface area contributed by atoms with Crippen molar-refractivity contribution in [2.75, 3.05) is 19.7 Å². The monoisotopic (exact) mass is 363 g/mol. The molecule has 0 saturated carbocycles. The summed E-state index contributed by atoms with van der Waals surface area (Å²) in [7, 11) is -3.55. The molecule has 2 aromatic carbocycles. The van der Waals surface area contributed by atoms with Crippen LogP contribution in [0.1, 0.15) is 23.5 Å². The van der Waals surface area contributed by atoms with Crippen LogP contribution in [0.15, 0.2) is 47.4 Å². The molecule has 0 radical (unpaired) electrons. The maximum atomic E-state index is 12.8. The van der Waals surface area contributed by atoms with E-state index in [0.717, 1.165) is 25.2 Å². The Kier molecular flexibility index (Phi) is 4.03. The van der Waals surface area contributed by atoms with Crippen molar-refractivity contribution in [3.8, 4) is 5.75 Å². The molecule has 2 aliphatic rings. The molecule has 0 aromatic heterocycles. The van der Waals surface area contributed by atoms with Crippen molar-refractivity contribution in [2.45, 2.75) is 23.7 Å². The number of fused-ring (bicyclic) bond motifs is 1. The van der Waals surface area contributed by atoms with Gasteiger partial charge in [-0.05, 0) is 41.7 Å². The Labute approximate surface area is 147 Å². The molecule has 24 heavy (non-hydrogen) atoms. The van der Waals surface area contributed by atoms with Crippen molar-refractivity contribution in [3.63, 3.8) is 0 Å². The highest BCUT2D eigenvalue weighted by molar-refractivity contribution is 7.89. The summed E-state index contributed by atoms with van der Waals surface area (Å²) in [5, 5.41) is 0.274. The van der Waals surface area contributed by atoms with Crippen molar-refractivity contribution in [1.82, 2.24) is 4.31 Å². The van der Waals surface area contributed by atoms with E-state index in [0.29, 0.717) is 13.1 Å². The lowest BCUT2D eigenvalue weighted by molar-refractivity contribution is 0.357. The molecule has 0 bridgehead atoms. The van der Waals surface area contributed by atoms with Crippen molar-refractivity contribution in [3.05, 3.63) is 58.6 Å². The molecule has 0 amide bonds. The van der Waals surface area contributed by atoms with Crippen LogP contribution >= 0.6 is 11.6 Å². The molecule has 4 rings (SSSR count). The fourth-order valence-electron chi connectivity index (χ4n) is 3.47. The van der Waals surface area contributed by atoms with Gasteiger partial charge in [-0.2, -0.15) is 4.31 Å². The molecule has 1 saturated heterocycles. The summed E-state index contributed by atoms with van der Waals surface area (Å²) >= 11 is 6.08. The topological polar surface area (TPSA) is 46.6 Å². The first-order valence-electron chi connectivity index (χ1n) is 8.06. The SMILES string of the molecule is O=S(=O)(c1ccccc1Cl)N1CC[C@@H](c2ccc3c(c2)CCO3)C1. The van der Waals surface area contributed by atoms with E-state index in [4.69, 9.17) is 16.3 Å². The van der Waals surface area contributed by atoms with E-state index in [2.05, 4.69) is 12.1 Å². The van der Waals surface area contributed by atoms with Gasteiger partial charge in [-0.3, -0.25) is 0 Å². The number of halogens is 1. The van der Waals surface area contributed by atoms with Gasteiger partial charge in [-0.1, -0.05) is 35.9 Å². The van der Waals surface area contributed by atoms with Crippen molar-refractivity contribution in [1.29, 1.82) is 0 Å². The third-order valence-corrected chi connectivity index (χ3v) is 7.16. The van der Waals surface area contributed by atoms with E-state index in [1.54, 1.807) is 28.6 Å². The molecule has 6 heteroatoms. The third-order valence-electron chi connectivity index (χ3n) is 4.79. The van der Waals surface area contributed by atoms with E-state index in [9.17, 15) is 8.42 Å². The van der Waals surface area contributed by atoms with Gasteiger partial charge in [-0.15, -0.1) is 0 Å². The Morgan fingerprint density at radius 1 is 1.17 bits per heavy atom. The summed E-state index contributed by atoms with van der Waals surface area (Å²) in [4.78, 5) is 0.190. The Balaban J connectivity index is 1.57. The lowest BCUT2D eigenvalue weighted by Gasteiger charge is -2.18. The second-order valence-corrected chi connectivity index (χ2v) is 8.56. The molecule has 4 nitrogen and oxygen atoms in total. The maximum Gasteiger partial charge on any atom is 0.244 e. The van der Waals surface area contributed by atoms with E-state index in [1.165, 1.54) is 11.1 Å². The molecule has 126 valence electrons. The largest absolute Gasteiger partial charge is 0.493 e. The Bertz CT molecular complexity index is 882. The third kappa shape index (κ3) is 2.70. The number of sulfonamides is 1. The van der Waals surface area contributed by atoms with Gasteiger partial charge in [0.25, 0.3) is 0 Å². The highest BCUT2D eigenvalue weighted by atomic mass is 35.5. The van der Waals surface area contributed by atoms with Crippen LogP contribution in [0.25, 0.3) is 0 Å². The lowest BCUT2D eigenvalue weighted by Crippen LogP contribution is -2.28. The maximum absolute atomic E-state index is 12.8. The molecule has 2 aliphatic heterocycles. The average Bonchev–Trinajstić information content (AvgIpc) is 3.24. The molecule has 0 spiro atoms.